The molecule has 1 aromatic carbocycles. The Morgan fingerprint density at radius 3 is 2.72 bits per heavy atom. The lowest BCUT2D eigenvalue weighted by Crippen LogP contribution is -2.39. The van der Waals surface area contributed by atoms with Crippen LogP contribution in [0.5, 0.6) is 0 Å². The Bertz CT molecular complexity index is 1260. The van der Waals surface area contributed by atoms with Crippen molar-refractivity contribution >= 4 is 27.5 Å². The Morgan fingerprint density at radius 2 is 1.97 bits per heavy atom. The molecule has 1 aliphatic rings. The third kappa shape index (κ3) is 4.24. The zero-order chi connectivity index (χ0) is 21.9. The van der Waals surface area contributed by atoms with Crippen LogP contribution in [0.25, 0.3) is 20.7 Å². The lowest BCUT2D eigenvalue weighted by Gasteiger charge is -2.26. The number of amides is 1. The molecule has 1 fully saturated rings. The molecule has 32 heavy (non-hydrogen) atoms. The van der Waals surface area contributed by atoms with E-state index in [9.17, 15) is 9.59 Å². The normalized spacial score (nSPS) is 15.2. The minimum absolute atomic E-state index is 0.000850. The van der Waals surface area contributed by atoms with Crippen LogP contribution < -0.4 is 10.9 Å². The van der Waals surface area contributed by atoms with Gasteiger partial charge in [-0.15, -0.1) is 11.3 Å². The summed E-state index contributed by atoms with van der Waals surface area (Å²) in [5, 5.41) is 3.51. The molecule has 164 valence electrons. The van der Waals surface area contributed by atoms with Gasteiger partial charge in [-0.1, -0.05) is 30.3 Å². The number of thiophene rings is 1. The first-order valence-electron chi connectivity index (χ1n) is 10.8. The number of likely N-dealkylation sites (tertiary alicyclic amines) is 1. The van der Waals surface area contributed by atoms with E-state index in [4.69, 9.17) is 4.42 Å². The summed E-state index contributed by atoms with van der Waals surface area (Å²) in [7, 11) is 0. The highest BCUT2D eigenvalue weighted by Gasteiger charge is 2.26. The van der Waals surface area contributed by atoms with Crippen molar-refractivity contribution in [3.05, 3.63) is 77.2 Å². The summed E-state index contributed by atoms with van der Waals surface area (Å²) in [6.45, 7) is 2.35. The summed E-state index contributed by atoms with van der Waals surface area (Å²) in [6.07, 6.45) is 5.42. The summed E-state index contributed by atoms with van der Waals surface area (Å²) < 4.78 is 6.98. The van der Waals surface area contributed by atoms with Crippen LogP contribution in [0.15, 0.2) is 70.3 Å². The van der Waals surface area contributed by atoms with E-state index in [0.717, 1.165) is 42.1 Å². The van der Waals surface area contributed by atoms with Crippen molar-refractivity contribution in [2.75, 3.05) is 19.6 Å². The Morgan fingerprint density at radius 1 is 1.16 bits per heavy atom. The second-order valence-corrected chi connectivity index (χ2v) is 8.98. The second kappa shape index (κ2) is 9.10. The first-order valence-corrected chi connectivity index (χ1v) is 11.6. The minimum Gasteiger partial charge on any atom is -0.468 e. The highest BCUT2D eigenvalue weighted by Crippen LogP contribution is 2.30. The Kier molecular flexibility index (Phi) is 5.87. The van der Waals surface area contributed by atoms with Crippen LogP contribution in [0, 0.1) is 0 Å². The number of carbonyl (C=O) groups is 1. The van der Waals surface area contributed by atoms with Crippen LogP contribution in [-0.2, 0) is 11.3 Å². The Hall–Kier alpha value is -3.23. The topological polar surface area (TPSA) is 80.4 Å². The molecule has 3 aromatic heterocycles. The van der Waals surface area contributed by atoms with Crippen molar-refractivity contribution in [1.29, 1.82) is 0 Å². The summed E-state index contributed by atoms with van der Waals surface area (Å²) in [4.78, 5) is 34.1. The van der Waals surface area contributed by atoms with Gasteiger partial charge in [-0.05, 0) is 49.7 Å². The van der Waals surface area contributed by atoms with Crippen LogP contribution in [0.3, 0.4) is 0 Å². The summed E-state index contributed by atoms with van der Waals surface area (Å²) in [5.74, 6) is 0.627. The molecular formula is C24H24N4O3S. The van der Waals surface area contributed by atoms with Gasteiger partial charge in [-0.25, -0.2) is 4.98 Å². The van der Waals surface area contributed by atoms with Gasteiger partial charge in [0.15, 0.2) is 0 Å². The largest absolute Gasteiger partial charge is 0.468 e. The molecule has 7 nitrogen and oxygen atoms in total. The lowest BCUT2D eigenvalue weighted by atomic mass is 10.2. The maximum atomic E-state index is 13.0. The quantitative estimate of drug-likeness (QED) is 0.467. The molecule has 1 aliphatic heterocycles. The molecular weight excluding hydrogens is 424 g/mol. The molecule has 0 radical (unpaired) electrons. The SMILES string of the molecule is O=C(Cn1cnc2sc(-c3ccccc3)cc2c1=O)NC[C@H](c1ccco1)N1CCCC1. The Labute approximate surface area is 189 Å². The van der Waals surface area contributed by atoms with Crippen molar-refractivity contribution in [2.45, 2.75) is 25.4 Å². The first-order chi connectivity index (χ1) is 15.7. The van der Waals surface area contributed by atoms with E-state index < -0.39 is 0 Å². The van der Waals surface area contributed by atoms with Crippen LogP contribution in [0.2, 0.25) is 0 Å². The van der Waals surface area contributed by atoms with Gasteiger partial charge in [0.1, 0.15) is 17.1 Å². The summed E-state index contributed by atoms with van der Waals surface area (Å²) in [5.41, 5.74) is 0.843. The number of hydrogen-bond donors (Lipinski definition) is 1. The molecule has 1 atom stereocenters. The number of furan rings is 1. The number of benzene rings is 1. The number of fused-ring (bicyclic) bond motifs is 1. The van der Waals surface area contributed by atoms with Crippen LogP contribution in [0.1, 0.15) is 24.6 Å². The molecule has 0 spiro atoms. The maximum Gasteiger partial charge on any atom is 0.262 e. The average molecular weight is 449 g/mol. The highest BCUT2D eigenvalue weighted by molar-refractivity contribution is 7.21. The van der Waals surface area contributed by atoms with Crippen LogP contribution in [-0.4, -0.2) is 40.0 Å². The predicted octanol–water partition coefficient (Wildman–Crippen LogP) is 3.67. The minimum atomic E-state index is -0.220. The smallest absolute Gasteiger partial charge is 0.262 e. The molecule has 1 saturated heterocycles. The van der Waals surface area contributed by atoms with Gasteiger partial charge >= 0.3 is 0 Å². The van der Waals surface area contributed by atoms with Gasteiger partial charge < -0.3 is 9.73 Å². The van der Waals surface area contributed by atoms with E-state index in [1.165, 1.54) is 22.2 Å². The van der Waals surface area contributed by atoms with Gasteiger partial charge in [-0.2, -0.15) is 0 Å². The fourth-order valence-corrected chi connectivity index (χ4v) is 5.18. The third-order valence-corrected chi connectivity index (χ3v) is 6.93. The van der Waals surface area contributed by atoms with Crippen molar-refractivity contribution < 1.29 is 9.21 Å². The fourth-order valence-electron chi connectivity index (χ4n) is 4.18. The molecule has 0 saturated carbocycles. The number of rotatable bonds is 7. The number of hydrogen-bond acceptors (Lipinski definition) is 6. The number of nitrogens with zero attached hydrogens (tertiary/aromatic N) is 3. The molecule has 0 bridgehead atoms. The molecule has 4 aromatic rings. The van der Waals surface area contributed by atoms with Crippen molar-refractivity contribution in [2.24, 2.45) is 0 Å². The average Bonchev–Trinajstić information content (AvgIpc) is 3.59. The lowest BCUT2D eigenvalue weighted by molar-refractivity contribution is -0.122. The summed E-state index contributed by atoms with van der Waals surface area (Å²) >= 11 is 1.48. The van der Waals surface area contributed by atoms with E-state index in [1.54, 1.807) is 6.26 Å². The number of carbonyl (C=O) groups excluding carboxylic acids is 1. The van der Waals surface area contributed by atoms with E-state index in [1.807, 2.05) is 48.5 Å². The molecule has 4 heterocycles. The summed E-state index contributed by atoms with van der Waals surface area (Å²) in [6, 6.07) is 15.6. The molecule has 0 aliphatic carbocycles. The van der Waals surface area contributed by atoms with Crippen molar-refractivity contribution in [3.8, 4) is 10.4 Å². The first kappa shape index (κ1) is 20.7. The van der Waals surface area contributed by atoms with Crippen molar-refractivity contribution in [1.82, 2.24) is 19.8 Å². The van der Waals surface area contributed by atoms with E-state index in [-0.39, 0.29) is 24.1 Å². The molecule has 5 rings (SSSR count). The van der Waals surface area contributed by atoms with Gasteiger partial charge in [0, 0.05) is 11.4 Å². The fraction of sp³-hybridized carbons (Fsp3) is 0.292. The van der Waals surface area contributed by atoms with Gasteiger partial charge in [0.25, 0.3) is 5.56 Å². The standard InChI is InChI=1S/C24H24N4O3S/c29-22(25-14-19(20-9-6-12-31-20)27-10-4-5-11-27)15-28-16-26-23-18(24(28)30)13-21(32-23)17-7-2-1-3-8-17/h1-3,6-9,12-13,16,19H,4-5,10-11,14-15H2,(H,25,29)/t19-/m1/s1. The van der Waals surface area contributed by atoms with Gasteiger partial charge in [0.05, 0.1) is 24.0 Å². The third-order valence-electron chi connectivity index (χ3n) is 5.84. The van der Waals surface area contributed by atoms with E-state index in [2.05, 4.69) is 15.2 Å². The van der Waals surface area contributed by atoms with Gasteiger partial charge in [-0.3, -0.25) is 19.1 Å². The van der Waals surface area contributed by atoms with Crippen LogP contribution in [0.4, 0.5) is 0 Å². The van der Waals surface area contributed by atoms with Crippen molar-refractivity contribution in [3.63, 3.8) is 0 Å². The van der Waals surface area contributed by atoms with Crippen LogP contribution >= 0.6 is 11.3 Å². The molecule has 8 heteroatoms. The highest BCUT2D eigenvalue weighted by atomic mass is 32.1. The zero-order valence-electron chi connectivity index (χ0n) is 17.6. The number of aromatic nitrogens is 2. The zero-order valence-corrected chi connectivity index (χ0v) is 18.4. The monoisotopic (exact) mass is 448 g/mol. The van der Waals surface area contributed by atoms with Gasteiger partial charge in [0.2, 0.25) is 5.91 Å². The van der Waals surface area contributed by atoms with E-state index in [0.29, 0.717) is 16.8 Å². The Balaban J connectivity index is 1.30. The number of nitrogens with one attached hydrogen (secondary N) is 1. The second-order valence-electron chi connectivity index (χ2n) is 7.95. The maximum absolute atomic E-state index is 13.0. The molecule has 0 unspecified atom stereocenters. The molecule has 1 N–H and O–H groups in total. The van der Waals surface area contributed by atoms with E-state index >= 15 is 0 Å². The predicted molar refractivity (Wildman–Crippen MR) is 125 cm³/mol. The molecule has 1 amide bonds.